The Bertz CT molecular complexity index is 1870. The van der Waals surface area contributed by atoms with Crippen molar-refractivity contribution in [1.82, 2.24) is 0 Å². The smallest absolute Gasteiger partial charge is 0.871 e. The Kier molecular flexibility index (Phi) is 15.0. The number of hydrogen-bond acceptors (Lipinski definition) is 9. The maximum Gasteiger partial charge on any atom is 3.00 e. The molecule has 3 N–H and O–H groups in total. The molecule has 50 heavy (non-hydrogen) atoms. The molecule has 0 saturated heterocycles. The number of aromatic carboxylic acids is 3. The summed E-state index contributed by atoms with van der Waals surface area (Å²) >= 11 is 0. The summed E-state index contributed by atoms with van der Waals surface area (Å²) in [5.41, 5.74) is 7.31. The van der Waals surface area contributed by atoms with E-state index < -0.39 is 29.4 Å². The van der Waals surface area contributed by atoms with E-state index in [1.165, 1.54) is 37.3 Å². The van der Waals surface area contributed by atoms with E-state index in [2.05, 4.69) is 10.6 Å². The van der Waals surface area contributed by atoms with Crippen molar-refractivity contribution in [1.29, 1.82) is 0 Å². The topological polar surface area (TPSA) is 182 Å². The van der Waals surface area contributed by atoms with E-state index in [4.69, 9.17) is 5.11 Å². The van der Waals surface area contributed by atoms with Gasteiger partial charge in [0.2, 0.25) is 0 Å². The molecule has 0 atom stereocenters. The second kappa shape index (κ2) is 18.6. The zero-order valence-electron chi connectivity index (χ0n) is 28.2. The quantitative estimate of drug-likeness (QED) is 0.147. The van der Waals surface area contributed by atoms with Crippen LogP contribution in [-0.4, -0.2) is 46.2 Å². The summed E-state index contributed by atoms with van der Waals surface area (Å²) in [5, 5.41) is 48.1. The van der Waals surface area contributed by atoms with Gasteiger partial charge in [-0.2, -0.15) is 0 Å². The number of aryl methyl sites for hydroxylation is 2. The molecule has 0 saturated carbocycles. The molecule has 0 bridgehead atoms. The first kappa shape index (κ1) is 40.3. The minimum atomic E-state index is -1.31. The van der Waals surface area contributed by atoms with Gasteiger partial charge in [-0.15, -0.1) is 0 Å². The van der Waals surface area contributed by atoms with Crippen LogP contribution in [-0.2, 0) is 0 Å². The number of nitrogens with one attached hydrogen (secondary N) is 2. The van der Waals surface area contributed by atoms with Crippen LogP contribution in [0.4, 0.5) is 22.7 Å². The fourth-order valence-corrected chi connectivity index (χ4v) is 4.59. The molecule has 0 fully saturated rings. The number of carboxylic acid groups (broad SMARTS) is 3. The molecule has 252 valence electrons. The van der Waals surface area contributed by atoms with Crippen molar-refractivity contribution in [3.8, 4) is 5.75 Å². The zero-order chi connectivity index (χ0) is 36.2. The number of carboxylic acids is 3. The van der Waals surface area contributed by atoms with Crippen molar-refractivity contribution < 1.29 is 39.6 Å². The van der Waals surface area contributed by atoms with E-state index in [1.54, 1.807) is 36.4 Å². The number of benzene rings is 5. The molecule has 0 aliphatic heterocycles. The van der Waals surface area contributed by atoms with Gasteiger partial charge in [0.25, 0.3) is 0 Å². The molecule has 0 aliphatic rings. The summed E-state index contributed by atoms with van der Waals surface area (Å²) in [5.74, 6) is -4.81. The summed E-state index contributed by atoms with van der Waals surface area (Å²) in [7, 11) is 0. The summed E-state index contributed by atoms with van der Waals surface area (Å²) in [6.07, 6.45) is 0. The average molecular weight is 687 g/mol. The van der Waals surface area contributed by atoms with Crippen LogP contribution >= 0.6 is 0 Å². The van der Waals surface area contributed by atoms with Crippen LogP contribution in [0.2, 0.25) is 0 Å². The van der Waals surface area contributed by atoms with Gasteiger partial charge in [0.1, 0.15) is 0 Å². The molecule has 5 aromatic rings. The van der Waals surface area contributed by atoms with Crippen LogP contribution in [0.25, 0.3) is 0 Å². The third-order valence-corrected chi connectivity index (χ3v) is 7.67. The van der Waals surface area contributed by atoms with E-state index in [9.17, 15) is 34.5 Å². The predicted octanol–water partition coefficient (Wildman–Crippen LogP) is 5.10. The van der Waals surface area contributed by atoms with Gasteiger partial charge in [0.05, 0.1) is 17.5 Å². The van der Waals surface area contributed by atoms with E-state index in [-0.39, 0.29) is 39.6 Å². The van der Waals surface area contributed by atoms with Crippen LogP contribution in [0.3, 0.4) is 0 Å². The second-order valence-corrected chi connectivity index (χ2v) is 11.0. The molecule has 10 nitrogen and oxygen atoms in total. The number of carbonyl (C=O) groups excluding carboxylic acids is 3. The number of carbonyl (C=O) groups is 4. The van der Waals surface area contributed by atoms with Crippen LogP contribution in [0, 0.1) is 27.7 Å². The fourth-order valence-electron chi connectivity index (χ4n) is 4.59. The van der Waals surface area contributed by atoms with E-state index >= 15 is 0 Å². The third kappa shape index (κ3) is 10.6. The second-order valence-electron chi connectivity index (χ2n) is 11.0. The van der Waals surface area contributed by atoms with E-state index in [0.29, 0.717) is 11.4 Å². The normalized spacial score (nSPS) is 9.78. The van der Waals surface area contributed by atoms with Gasteiger partial charge in [0.15, 0.2) is 5.78 Å². The summed E-state index contributed by atoms with van der Waals surface area (Å²) in [4.78, 5) is 43.4. The molecule has 0 amide bonds. The van der Waals surface area contributed by atoms with Gasteiger partial charge in [-0.25, -0.2) is 4.79 Å². The van der Waals surface area contributed by atoms with Gasteiger partial charge in [-0.1, -0.05) is 78.5 Å². The van der Waals surface area contributed by atoms with Crippen LogP contribution < -0.4 is 26.0 Å². The third-order valence-electron chi connectivity index (χ3n) is 7.67. The average Bonchev–Trinajstić information content (AvgIpc) is 3.06. The fraction of sp³-hybridized carbons (Fsp3) is 0.128. The molecular formula is C39H35AlN2O8. The first-order chi connectivity index (χ1) is 23.2. The van der Waals surface area contributed by atoms with Crippen molar-refractivity contribution >= 4 is 63.8 Å². The molecule has 5 rings (SSSR count). The van der Waals surface area contributed by atoms with Gasteiger partial charge in [-0.3, -0.25) is 4.79 Å². The van der Waals surface area contributed by atoms with E-state index in [1.807, 2.05) is 64.1 Å². The first-order valence-corrected chi connectivity index (χ1v) is 15.0. The number of ketones is 1. The number of Topliss-reactive ketones (excluding diaryl/α,β-unsaturated/α-hetero) is 1. The van der Waals surface area contributed by atoms with Gasteiger partial charge in [-0.05, 0) is 87.2 Å². The van der Waals surface area contributed by atoms with Crippen molar-refractivity contribution in [2.24, 2.45) is 0 Å². The summed E-state index contributed by atoms with van der Waals surface area (Å²) in [6, 6.07) is 29.1. The molecule has 5 aromatic carbocycles. The predicted molar refractivity (Wildman–Crippen MR) is 189 cm³/mol. The van der Waals surface area contributed by atoms with Crippen LogP contribution in [0.5, 0.6) is 5.75 Å². The minimum absolute atomic E-state index is 0. The van der Waals surface area contributed by atoms with Crippen LogP contribution in [0.15, 0.2) is 103 Å². The number of anilines is 4. The minimum Gasteiger partial charge on any atom is -0.871 e. The summed E-state index contributed by atoms with van der Waals surface area (Å²) < 4.78 is 0. The first-order valence-electron chi connectivity index (χ1n) is 15.0. The standard InChI is InChI=1S/2C15H15NO2.C9H8O4.Al/c2*1-10-6-5-9-13(11(10)2)16-14-8-4-3-7-12(14)15(17)18;1-5(10)6-3-2-4-7(8(6)11)9(12)13;/h2*3-9,16H,1-2H3,(H,17,18);2-4,11H,1H3,(H,12,13);/q;;;+3/p-3. The van der Waals surface area contributed by atoms with Crippen LogP contribution in [0.1, 0.15) is 70.6 Å². The van der Waals surface area contributed by atoms with Gasteiger partial charge >= 0.3 is 23.3 Å². The number of para-hydroxylation sites is 3. The number of rotatable bonds is 8. The number of hydrogen-bond donors (Lipinski definition) is 3. The molecule has 0 spiro atoms. The molecule has 0 aliphatic carbocycles. The molecular weight excluding hydrogens is 651 g/mol. The Morgan fingerprint density at radius 2 is 0.860 bits per heavy atom. The summed E-state index contributed by atoms with van der Waals surface area (Å²) in [6.45, 7) is 9.26. The SMILES string of the molecule is CC(=O)c1cccc(C(=O)O)c1[O-].Cc1cccc(Nc2ccccc2C(=O)[O-])c1C.Cc1cccc(Nc2ccccc2C(=O)[O-])c1C.[Al+3]. The molecule has 11 heteroatoms. The molecule has 0 radical (unpaired) electrons. The molecule has 0 heterocycles. The van der Waals surface area contributed by atoms with E-state index in [0.717, 1.165) is 33.6 Å². The Labute approximate surface area is 301 Å². The Hall–Kier alpha value is -5.89. The maximum absolute atomic E-state index is 11.3. The van der Waals surface area contributed by atoms with Crippen molar-refractivity contribution in [2.45, 2.75) is 34.6 Å². The Balaban J connectivity index is 0.000000262. The monoisotopic (exact) mass is 686 g/mol. The Morgan fingerprint density at radius 3 is 1.24 bits per heavy atom. The largest absolute Gasteiger partial charge is 3.00 e. The zero-order valence-corrected chi connectivity index (χ0v) is 29.4. The van der Waals surface area contributed by atoms with Crippen molar-refractivity contribution in [3.05, 3.63) is 148 Å². The maximum atomic E-state index is 11.3. The van der Waals surface area contributed by atoms with Gasteiger partial charge in [0, 0.05) is 39.4 Å². The van der Waals surface area contributed by atoms with Crippen molar-refractivity contribution in [2.75, 3.05) is 10.6 Å². The van der Waals surface area contributed by atoms with Crippen molar-refractivity contribution in [3.63, 3.8) is 0 Å². The molecule has 0 unspecified atom stereocenters. The Morgan fingerprint density at radius 1 is 0.520 bits per heavy atom. The van der Waals surface area contributed by atoms with Gasteiger partial charge < -0.3 is 40.6 Å². The molecule has 0 aromatic heterocycles.